The van der Waals surface area contributed by atoms with Crippen molar-refractivity contribution in [2.24, 2.45) is 5.41 Å². The lowest BCUT2D eigenvalue weighted by atomic mass is 9.71. The van der Waals surface area contributed by atoms with Crippen LogP contribution in [0.5, 0.6) is 0 Å². The number of nitriles is 1. The summed E-state index contributed by atoms with van der Waals surface area (Å²) in [5.41, 5.74) is -1.34. The zero-order valence-electron chi connectivity index (χ0n) is 11.7. The Morgan fingerprint density at radius 1 is 1.60 bits per heavy atom. The Labute approximate surface area is 119 Å². The lowest BCUT2D eigenvalue weighted by Crippen LogP contribution is -2.37. The molecule has 0 N–H and O–H groups in total. The van der Waals surface area contributed by atoms with E-state index in [1.807, 2.05) is 0 Å². The van der Waals surface area contributed by atoms with Gasteiger partial charge in [-0.2, -0.15) is 5.26 Å². The highest BCUT2D eigenvalue weighted by molar-refractivity contribution is 5.81. The van der Waals surface area contributed by atoms with Gasteiger partial charge in [-0.3, -0.25) is 4.79 Å². The van der Waals surface area contributed by atoms with Crippen molar-refractivity contribution in [3.63, 3.8) is 0 Å². The van der Waals surface area contributed by atoms with Gasteiger partial charge in [-0.15, -0.1) is 13.2 Å². The first-order chi connectivity index (χ1) is 9.66. The molecule has 4 nitrogen and oxygen atoms in total. The molecule has 0 aliphatic heterocycles. The number of carbonyl (C=O) groups is 1. The lowest BCUT2D eigenvalue weighted by Gasteiger charge is -2.30. The van der Waals surface area contributed by atoms with E-state index in [0.29, 0.717) is 12.2 Å². The first kappa shape index (κ1) is 15.8. The van der Waals surface area contributed by atoms with Crippen LogP contribution < -0.4 is 0 Å². The van der Waals surface area contributed by atoms with Crippen LogP contribution in [0.2, 0.25) is 0 Å². The van der Waals surface area contributed by atoms with Crippen molar-refractivity contribution in [2.45, 2.75) is 25.7 Å². The number of hydrogen-bond acceptors (Lipinski definition) is 4. The van der Waals surface area contributed by atoms with Gasteiger partial charge in [0.2, 0.25) is 0 Å². The van der Waals surface area contributed by atoms with Gasteiger partial charge in [0.25, 0.3) is 0 Å². The van der Waals surface area contributed by atoms with Gasteiger partial charge in [-0.1, -0.05) is 12.2 Å². The molecule has 2 atom stereocenters. The van der Waals surface area contributed by atoms with Crippen molar-refractivity contribution in [1.29, 1.82) is 5.26 Å². The Kier molecular flexibility index (Phi) is 5.79. The number of carbonyl (C=O) groups excluding carboxylic acids is 1. The second-order valence-corrected chi connectivity index (χ2v) is 4.39. The third-order valence-electron chi connectivity index (χ3n) is 3.19. The van der Waals surface area contributed by atoms with Gasteiger partial charge in [0.15, 0.2) is 5.41 Å². The van der Waals surface area contributed by atoms with E-state index in [0.717, 1.165) is 0 Å². The monoisotopic (exact) mass is 273 g/mol. The molecule has 0 saturated heterocycles. The van der Waals surface area contributed by atoms with Crippen LogP contribution in [-0.2, 0) is 9.53 Å². The SMILES string of the molecule is C=CCC(c1ccco1)C(C#N)(CC=C)C(=O)OCC. The first-order valence-corrected chi connectivity index (χ1v) is 6.49. The van der Waals surface area contributed by atoms with E-state index in [1.54, 1.807) is 31.2 Å². The molecule has 0 bridgehead atoms. The summed E-state index contributed by atoms with van der Waals surface area (Å²) >= 11 is 0. The quantitative estimate of drug-likeness (QED) is 0.536. The van der Waals surface area contributed by atoms with Crippen LogP contribution in [0, 0.1) is 16.7 Å². The number of nitrogens with zero attached hydrogens (tertiary/aromatic N) is 1. The summed E-state index contributed by atoms with van der Waals surface area (Å²) < 4.78 is 10.5. The summed E-state index contributed by atoms with van der Waals surface area (Å²) in [7, 11) is 0. The minimum absolute atomic E-state index is 0.196. The average molecular weight is 273 g/mol. The maximum absolute atomic E-state index is 12.3. The summed E-state index contributed by atoms with van der Waals surface area (Å²) in [6, 6.07) is 5.60. The van der Waals surface area contributed by atoms with Crippen molar-refractivity contribution in [3.8, 4) is 6.07 Å². The van der Waals surface area contributed by atoms with E-state index in [9.17, 15) is 10.1 Å². The third-order valence-corrected chi connectivity index (χ3v) is 3.19. The zero-order chi connectivity index (χ0) is 15.0. The molecule has 0 saturated carbocycles. The number of rotatable bonds is 8. The third kappa shape index (κ3) is 3.00. The number of hydrogen-bond donors (Lipinski definition) is 0. The van der Waals surface area contributed by atoms with Crippen LogP contribution >= 0.6 is 0 Å². The maximum atomic E-state index is 12.3. The van der Waals surface area contributed by atoms with Gasteiger partial charge in [0, 0.05) is 0 Å². The standard InChI is InChI=1S/C16H19NO3/c1-4-8-13(14-9-7-11-20-14)16(12-17,10-5-2)15(18)19-6-3/h4-5,7,9,11,13H,1-2,6,8,10H2,3H3. The molecular formula is C16H19NO3. The van der Waals surface area contributed by atoms with Crippen LogP contribution in [0.25, 0.3) is 0 Å². The fourth-order valence-corrected chi connectivity index (χ4v) is 2.24. The molecule has 0 fully saturated rings. The van der Waals surface area contributed by atoms with Crippen LogP contribution in [0.3, 0.4) is 0 Å². The van der Waals surface area contributed by atoms with Gasteiger partial charge < -0.3 is 9.15 Å². The molecule has 1 heterocycles. The molecule has 106 valence electrons. The smallest absolute Gasteiger partial charge is 0.327 e. The molecule has 0 amide bonds. The van der Waals surface area contributed by atoms with E-state index >= 15 is 0 Å². The summed E-state index contributed by atoms with van der Waals surface area (Å²) in [6.45, 7) is 9.27. The minimum atomic E-state index is -1.34. The molecule has 2 unspecified atom stereocenters. The Balaban J connectivity index is 3.30. The largest absolute Gasteiger partial charge is 0.469 e. The number of furan rings is 1. The lowest BCUT2D eigenvalue weighted by molar-refractivity contribution is -0.153. The molecule has 0 aliphatic rings. The van der Waals surface area contributed by atoms with Crippen molar-refractivity contribution in [3.05, 3.63) is 49.5 Å². The zero-order valence-corrected chi connectivity index (χ0v) is 11.7. The van der Waals surface area contributed by atoms with E-state index < -0.39 is 17.3 Å². The second kappa shape index (κ2) is 7.34. The fraction of sp³-hybridized carbons (Fsp3) is 0.375. The Bertz CT molecular complexity index is 498. The fourth-order valence-electron chi connectivity index (χ4n) is 2.24. The predicted molar refractivity (Wildman–Crippen MR) is 75.8 cm³/mol. The average Bonchev–Trinajstić information content (AvgIpc) is 2.96. The number of allylic oxidation sites excluding steroid dienone is 2. The predicted octanol–water partition coefficient (Wildman–Crippen LogP) is 3.59. The summed E-state index contributed by atoms with van der Waals surface area (Å²) in [6.07, 6.45) is 5.38. The van der Waals surface area contributed by atoms with E-state index in [1.165, 1.54) is 6.26 Å². The molecule has 0 aromatic carbocycles. The van der Waals surface area contributed by atoms with Crippen LogP contribution in [0.1, 0.15) is 31.4 Å². The molecule has 0 radical (unpaired) electrons. The Morgan fingerprint density at radius 2 is 2.35 bits per heavy atom. The van der Waals surface area contributed by atoms with Gasteiger partial charge in [-0.05, 0) is 31.9 Å². The van der Waals surface area contributed by atoms with Gasteiger partial charge in [-0.25, -0.2) is 0 Å². The highest BCUT2D eigenvalue weighted by Crippen LogP contribution is 2.43. The molecule has 0 spiro atoms. The van der Waals surface area contributed by atoms with Crippen molar-refractivity contribution >= 4 is 5.97 Å². The molecule has 1 rings (SSSR count). The molecule has 20 heavy (non-hydrogen) atoms. The van der Waals surface area contributed by atoms with Crippen LogP contribution in [0.4, 0.5) is 0 Å². The normalized spacial score (nSPS) is 14.6. The highest BCUT2D eigenvalue weighted by atomic mass is 16.5. The molecule has 0 aliphatic carbocycles. The topological polar surface area (TPSA) is 63.2 Å². The van der Waals surface area contributed by atoms with Crippen molar-refractivity contribution < 1.29 is 13.9 Å². The molecule has 1 aromatic heterocycles. The molecule has 1 aromatic rings. The van der Waals surface area contributed by atoms with E-state index in [2.05, 4.69) is 19.2 Å². The van der Waals surface area contributed by atoms with Gasteiger partial charge in [0.05, 0.1) is 24.9 Å². The summed E-state index contributed by atoms with van der Waals surface area (Å²) in [4.78, 5) is 12.3. The van der Waals surface area contributed by atoms with Crippen LogP contribution in [-0.4, -0.2) is 12.6 Å². The minimum Gasteiger partial charge on any atom is -0.469 e. The maximum Gasteiger partial charge on any atom is 0.327 e. The van der Waals surface area contributed by atoms with E-state index in [-0.39, 0.29) is 13.0 Å². The molecular weight excluding hydrogens is 254 g/mol. The van der Waals surface area contributed by atoms with Crippen molar-refractivity contribution in [1.82, 2.24) is 0 Å². The Morgan fingerprint density at radius 3 is 2.80 bits per heavy atom. The second-order valence-electron chi connectivity index (χ2n) is 4.39. The van der Waals surface area contributed by atoms with Gasteiger partial charge in [0.1, 0.15) is 5.76 Å². The summed E-state index contributed by atoms with van der Waals surface area (Å²) in [5, 5.41) is 9.63. The number of ether oxygens (including phenoxy) is 1. The first-order valence-electron chi connectivity index (χ1n) is 6.49. The van der Waals surface area contributed by atoms with E-state index in [4.69, 9.17) is 9.15 Å². The van der Waals surface area contributed by atoms with Gasteiger partial charge >= 0.3 is 5.97 Å². The molecule has 4 heteroatoms. The van der Waals surface area contributed by atoms with Crippen LogP contribution in [0.15, 0.2) is 48.1 Å². The highest BCUT2D eigenvalue weighted by Gasteiger charge is 2.48. The van der Waals surface area contributed by atoms with Crippen molar-refractivity contribution in [2.75, 3.05) is 6.61 Å². The Hall–Kier alpha value is -2.28. The number of esters is 1. The summed E-state index contributed by atoms with van der Waals surface area (Å²) in [5.74, 6) is -0.427.